The summed E-state index contributed by atoms with van der Waals surface area (Å²) < 4.78 is 17.3. The molecule has 1 aromatic carbocycles. The normalized spacial score (nSPS) is 24.7. The van der Waals surface area contributed by atoms with E-state index in [9.17, 15) is 9.59 Å². The van der Waals surface area contributed by atoms with Crippen molar-refractivity contribution in [2.24, 2.45) is 5.41 Å². The van der Waals surface area contributed by atoms with Crippen LogP contribution in [0, 0.1) is 5.41 Å². The number of methoxy groups -OCH3 is 1. The maximum atomic E-state index is 12.7. The monoisotopic (exact) mass is 417 g/mol. The van der Waals surface area contributed by atoms with Gasteiger partial charge in [0.1, 0.15) is 11.4 Å². The molecule has 1 aliphatic carbocycles. The van der Waals surface area contributed by atoms with Crippen molar-refractivity contribution >= 4 is 11.9 Å². The molecule has 2 unspecified atom stereocenters. The number of amides is 1. The van der Waals surface area contributed by atoms with Crippen molar-refractivity contribution in [1.29, 1.82) is 0 Å². The molecule has 2 aliphatic rings. The second-order valence-electron chi connectivity index (χ2n) is 9.82. The predicted octanol–water partition coefficient (Wildman–Crippen LogP) is 4.95. The summed E-state index contributed by atoms with van der Waals surface area (Å²) in [5.41, 5.74) is -0.284. The van der Waals surface area contributed by atoms with E-state index >= 15 is 0 Å². The van der Waals surface area contributed by atoms with Gasteiger partial charge in [0.2, 0.25) is 0 Å². The van der Waals surface area contributed by atoms with Crippen LogP contribution < -0.4 is 9.47 Å². The molecule has 1 aromatic rings. The molecule has 1 aliphatic heterocycles. The van der Waals surface area contributed by atoms with E-state index in [1.807, 2.05) is 45.9 Å². The summed E-state index contributed by atoms with van der Waals surface area (Å²) in [6, 6.07) is 5.86. The van der Waals surface area contributed by atoms with Crippen LogP contribution in [0.15, 0.2) is 18.2 Å². The molecule has 1 heterocycles. The van der Waals surface area contributed by atoms with Crippen molar-refractivity contribution < 1.29 is 23.8 Å². The Kier molecular flexibility index (Phi) is 6.34. The minimum Gasteiger partial charge on any atom is -0.493 e. The highest BCUT2D eigenvalue weighted by atomic mass is 16.6. The summed E-state index contributed by atoms with van der Waals surface area (Å²) in [6.45, 7) is 9.85. The van der Waals surface area contributed by atoms with Crippen LogP contribution in [-0.4, -0.2) is 48.7 Å². The average Bonchev–Trinajstić information content (AvgIpc) is 3.28. The van der Waals surface area contributed by atoms with Crippen LogP contribution in [-0.2, 0) is 9.53 Å². The van der Waals surface area contributed by atoms with E-state index in [0.29, 0.717) is 24.6 Å². The third-order valence-electron chi connectivity index (χ3n) is 6.33. The Morgan fingerprint density at radius 3 is 2.37 bits per heavy atom. The molecular weight excluding hydrogens is 382 g/mol. The largest absolute Gasteiger partial charge is 0.493 e. The fraction of sp³-hybridized carbons (Fsp3) is 0.667. The number of ketones is 1. The standard InChI is InChI=1S/C24H35NO5/c1-16(26)24(5)15-25(22(27)30-23(2,3)4)14-19(24)17-11-12-20(28-6)21(13-17)29-18-9-7-8-10-18/h11-13,18-19H,7-10,14-15H2,1-6H3. The highest BCUT2D eigenvalue weighted by molar-refractivity contribution is 5.85. The molecule has 30 heavy (non-hydrogen) atoms. The van der Waals surface area contributed by atoms with E-state index in [1.54, 1.807) is 18.9 Å². The van der Waals surface area contributed by atoms with Gasteiger partial charge in [-0.25, -0.2) is 4.79 Å². The Morgan fingerprint density at radius 2 is 1.80 bits per heavy atom. The first kappa shape index (κ1) is 22.4. The first-order chi connectivity index (χ1) is 14.0. The molecule has 3 rings (SSSR count). The zero-order chi connectivity index (χ0) is 22.1. The van der Waals surface area contributed by atoms with Crippen LogP contribution >= 0.6 is 0 Å². The van der Waals surface area contributed by atoms with Gasteiger partial charge >= 0.3 is 6.09 Å². The average molecular weight is 418 g/mol. The van der Waals surface area contributed by atoms with E-state index in [2.05, 4.69) is 0 Å². The lowest BCUT2D eigenvalue weighted by molar-refractivity contribution is -0.125. The highest BCUT2D eigenvalue weighted by Gasteiger charge is 2.49. The van der Waals surface area contributed by atoms with E-state index in [0.717, 1.165) is 18.4 Å². The summed E-state index contributed by atoms with van der Waals surface area (Å²) in [5.74, 6) is 1.33. The van der Waals surface area contributed by atoms with Gasteiger partial charge in [0.05, 0.1) is 18.6 Å². The maximum absolute atomic E-state index is 12.7. The molecule has 1 saturated heterocycles. The number of carbonyl (C=O) groups excluding carboxylic acids is 2. The Balaban J connectivity index is 1.89. The Hall–Kier alpha value is -2.24. The smallest absolute Gasteiger partial charge is 0.410 e. The quantitative estimate of drug-likeness (QED) is 0.678. The lowest BCUT2D eigenvalue weighted by Crippen LogP contribution is -2.38. The number of rotatable bonds is 5. The fourth-order valence-electron chi connectivity index (χ4n) is 4.48. The van der Waals surface area contributed by atoms with Gasteiger partial charge in [-0.3, -0.25) is 4.79 Å². The Morgan fingerprint density at radius 1 is 1.13 bits per heavy atom. The van der Waals surface area contributed by atoms with Crippen LogP contribution in [0.5, 0.6) is 11.5 Å². The van der Waals surface area contributed by atoms with Gasteiger partial charge < -0.3 is 19.1 Å². The van der Waals surface area contributed by atoms with Crippen molar-refractivity contribution in [3.8, 4) is 11.5 Å². The minimum absolute atomic E-state index is 0.0626. The molecule has 2 atom stereocenters. The molecule has 0 spiro atoms. The number of ether oxygens (including phenoxy) is 3. The summed E-state index contributed by atoms with van der Waals surface area (Å²) in [5, 5.41) is 0. The van der Waals surface area contributed by atoms with E-state index in [4.69, 9.17) is 14.2 Å². The van der Waals surface area contributed by atoms with Gasteiger partial charge in [0.25, 0.3) is 0 Å². The summed E-state index contributed by atoms with van der Waals surface area (Å²) in [4.78, 5) is 27.0. The number of carbonyl (C=O) groups is 2. The zero-order valence-electron chi connectivity index (χ0n) is 19.1. The molecule has 6 heteroatoms. The SMILES string of the molecule is COc1ccc(C2CN(C(=O)OC(C)(C)C)CC2(C)C(C)=O)cc1OC1CCCC1. The number of hydrogen-bond donors (Lipinski definition) is 0. The Bertz CT molecular complexity index is 793. The molecule has 166 valence electrons. The van der Waals surface area contributed by atoms with Crippen LogP contribution in [0.3, 0.4) is 0 Å². The molecule has 2 fully saturated rings. The maximum Gasteiger partial charge on any atom is 0.410 e. The summed E-state index contributed by atoms with van der Waals surface area (Å²) in [7, 11) is 1.63. The molecule has 6 nitrogen and oxygen atoms in total. The van der Waals surface area contributed by atoms with E-state index in [-0.39, 0.29) is 23.9 Å². The number of Topliss-reactive ketones (excluding diaryl/α,β-unsaturated/α-hetero) is 1. The second kappa shape index (κ2) is 8.48. The number of hydrogen-bond acceptors (Lipinski definition) is 5. The van der Waals surface area contributed by atoms with Gasteiger partial charge in [0.15, 0.2) is 11.5 Å². The molecule has 0 aromatic heterocycles. The van der Waals surface area contributed by atoms with E-state index in [1.165, 1.54) is 12.8 Å². The van der Waals surface area contributed by atoms with Crippen molar-refractivity contribution in [1.82, 2.24) is 4.90 Å². The van der Waals surface area contributed by atoms with Crippen molar-refractivity contribution in [3.05, 3.63) is 23.8 Å². The first-order valence-electron chi connectivity index (χ1n) is 10.9. The topological polar surface area (TPSA) is 65.1 Å². The third kappa shape index (κ3) is 4.73. The predicted molar refractivity (Wildman–Crippen MR) is 115 cm³/mol. The van der Waals surface area contributed by atoms with E-state index < -0.39 is 11.0 Å². The van der Waals surface area contributed by atoms with Gasteiger partial charge in [0, 0.05) is 19.0 Å². The molecule has 1 amide bonds. The van der Waals surface area contributed by atoms with Crippen molar-refractivity contribution in [2.75, 3.05) is 20.2 Å². The molecular formula is C24H35NO5. The highest BCUT2D eigenvalue weighted by Crippen LogP contribution is 2.46. The Labute approximate surface area is 179 Å². The van der Waals surface area contributed by atoms with Gasteiger partial charge in [-0.2, -0.15) is 0 Å². The van der Waals surface area contributed by atoms with Crippen molar-refractivity contribution in [3.63, 3.8) is 0 Å². The van der Waals surface area contributed by atoms with Gasteiger partial charge in [-0.05, 0) is 71.1 Å². The summed E-state index contributed by atoms with van der Waals surface area (Å²) >= 11 is 0. The van der Waals surface area contributed by atoms with Crippen LogP contribution in [0.4, 0.5) is 4.79 Å². The van der Waals surface area contributed by atoms with Crippen LogP contribution in [0.1, 0.15) is 71.8 Å². The fourth-order valence-corrected chi connectivity index (χ4v) is 4.48. The van der Waals surface area contributed by atoms with Crippen LogP contribution in [0.25, 0.3) is 0 Å². The zero-order valence-corrected chi connectivity index (χ0v) is 19.1. The number of nitrogens with zero attached hydrogens (tertiary/aromatic N) is 1. The lowest BCUT2D eigenvalue weighted by atomic mass is 9.73. The molecule has 0 radical (unpaired) electrons. The molecule has 1 saturated carbocycles. The van der Waals surface area contributed by atoms with Gasteiger partial charge in [-0.15, -0.1) is 0 Å². The lowest BCUT2D eigenvalue weighted by Gasteiger charge is -2.28. The summed E-state index contributed by atoms with van der Waals surface area (Å²) in [6.07, 6.45) is 4.29. The second-order valence-corrected chi connectivity index (χ2v) is 9.82. The molecule has 0 N–H and O–H groups in total. The number of likely N-dealkylation sites (tertiary alicyclic amines) is 1. The van der Waals surface area contributed by atoms with Gasteiger partial charge in [-0.1, -0.05) is 13.0 Å². The first-order valence-corrected chi connectivity index (χ1v) is 10.9. The van der Waals surface area contributed by atoms with Crippen molar-refractivity contribution in [2.45, 2.75) is 77.9 Å². The minimum atomic E-state index is -0.684. The molecule has 0 bridgehead atoms. The third-order valence-corrected chi connectivity index (χ3v) is 6.33. The number of benzene rings is 1. The van der Waals surface area contributed by atoms with Crippen LogP contribution in [0.2, 0.25) is 0 Å².